The maximum absolute atomic E-state index is 12.6. The highest BCUT2D eigenvalue weighted by atomic mass is 32.2. The Morgan fingerprint density at radius 3 is 2.71 bits per heavy atom. The van der Waals surface area contributed by atoms with E-state index in [1.165, 1.54) is 54.1 Å². The van der Waals surface area contributed by atoms with Crippen LogP contribution in [0.3, 0.4) is 0 Å². The summed E-state index contributed by atoms with van der Waals surface area (Å²) in [7, 11) is 0. The molecular formula is C21H30OS2. The average molecular weight is 363 g/mol. The minimum Gasteiger partial charge on any atom is -0.299 e. The zero-order valence-electron chi connectivity index (χ0n) is 15.1. The lowest BCUT2D eigenvalue weighted by molar-refractivity contribution is -0.126. The van der Waals surface area contributed by atoms with Gasteiger partial charge in [-0.15, -0.1) is 23.5 Å². The van der Waals surface area contributed by atoms with Gasteiger partial charge in [-0.05, 0) is 68.4 Å². The number of thioether (sulfide) groups is 2. The monoisotopic (exact) mass is 362 g/mol. The summed E-state index contributed by atoms with van der Waals surface area (Å²) in [6.45, 7) is 8.41. The largest absolute Gasteiger partial charge is 0.299 e. The molecule has 0 spiro atoms. The maximum Gasteiger partial charge on any atom is 0.136 e. The van der Waals surface area contributed by atoms with E-state index in [1.807, 2.05) is 11.8 Å². The predicted molar refractivity (Wildman–Crippen MR) is 108 cm³/mol. The van der Waals surface area contributed by atoms with E-state index in [0.29, 0.717) is 24.0 Å². The molecule has 1 heterocycles. The van der Waals surface area contributed by atoms with Crippen LogP contribution in [0, 0.1) is 17.8 Å². The van der Waals surface area contributed by atoms with Crippen molar-refractivity contribution in [3.63, 3.8) is 0 Å². The normalized spacial score (nSPS) is 32.3. The fourth-order valence-electron chi connectivity index (χ4n) is 4.08. The van der Waals surface area contributed by atoms with Gasteiger partial charge in [-0.3, -0.25) is 4.79 Å². The number of carbonyl (C=O) groups is 1. The van der Waals surface area contributed by atoms with Crippen molar-refractivity contribution in [3.05, 3.63) is 33.6 Å². The molecule has 0 aromatic rings. The van der Waals surface area contributed by atoms with Crippen LogP contribution in [-0.4, -0.2) is 17.3 Å². The van der Waals surface area contributed by atoms with Crippen molar-refractivity contribution < 1.29 is 4.79 Å². The molecule has 0 aromatic carbocycles. The van der Waals surface area contributed by atoms with Crippen LogP contribution in [-0.2, 0) is 4.79 Å². The summed E-state index contributed by atoms with van der Waals surface area (Å²) in [6.07, 6.45) is 10.7. The molecule has 24 heavy (non-hydrogen) atoms. The third-order valence-corrected chi connectivity index (χ3v) is 8.43. The zero-order valence-corrected chi connectivity index (χ0v) is 16.7. The summed E-state index contributed by atoms with van der Waals surface area (Å²) >= 11 is 4.11. The van der Waals surface area contributed by atoms with Crippen LogP contribution in [0.25, 0.3) is 0 Å². The Labute approximate surface area is 155 Å². The molecule has 0 bridgehead atoms. The summed E-state index contributed by atoms with van der Waals surface area (Å²) in [5, 5.41) is 0. The van der Waals surface area contributed by atoms with Crippen molar-refractivity contribution in [2.75, 3.05) is 11.5 Å². The number of ketones is 1. The third-order valence-electron chi connectivity index (χ3n) is 5.73. The Hall–Kier alpha value is -0.410. The highest BCUT2D eigenvalue weighted by molar-refractivity contribution is 8.07. The van der Waals surface area contributed by atoms with Crippen LogP contribution >= 0.6 is 23.5 Å². The first-order valence-corrected chi connectivity index (χ1v) is 11.4. The second-order valence-corrected chi connectivity index (χ2v) is 9.81. The Kier molecular flexibility index (Phi) is 6.37. The van der Waals surface area contributed by atoms with Gasteiger partial charge in [0.25, 0.3) is 0 Å². The van der Waals surface area contributed by atoms with Gasteiger partial charge in [-0.25, -0.2) is 0 Å². The average Bonchev–Trinajstić information content (AvgIpc) is 2.83. The molecule has 132 valence electrons. The van der Waals surface area contributed by atoms with E-state index in [1.54, 1.807) is 10.5 Å². The minimum absolute atomic E-state index is 0.168. The third kappa shape index (κ3) is 4.04. The summed E-state index contributed by atoms with van der Waals surface area (Å²) in [5.74, 6) is 3.82. The van der Waals surface area contributed by atoms with Gasteiger partial charge in [-0.1, -0.05) is 25.2 Å². The SMILES string of the molecule is C=C(C)[C@H]1CC(=O)[C@@H](C)[C@H](C2=C(C3=CCCCC3)SCCCS2)C1. The summed E-state index contributed by atoms with van der Waals surface area (Å²) < 4.78 is 0. The molecule has 1 saturated carbocycles. The van der Waals surface area contributed by atoms with E-state index in [2.05, 4.69) is 38.3 Å². The number of hydrogen-bond acceptors (Lipinski definition) is 3. The second kappa shape index (κ2) is 8.31. The quantitative estimate of drug-likeness (QED) is 0.543. The number of rotatable bonds is 3. The van der Waals surface area contributed by atoms with Crippen LogP contribution in [0.2, 0.25) is 0 Å². The lowest BCUT2D eigenvalue weighted by Crippen LogP contribution is -2.32. The van der Waals surface area contributed by atoms with Gasteiger partial charge in [0.15, 0.2) is 0 Å². The zero-order chi connectivity index (χ0) is 17.1. The second-order valence-electron chi connectivity index (χ2n) is 7.56. The molecular weight excluding hydrogens is 332 g/mol. The molecule has 3 heteroatoms. The van der Waals surface area contributed by atoms with Crippen molar-refractivity contribution in [1.82, 2.24) is 0 Å². The Bertz CT molecular complexity index is 572. The molecule has 1 nitrogen and oxygen atoms in total. The van der Waals surface area contributed by atoms with Crippen molar-refractivity contribution >= 4 is 29.3 Å². The topological polar surface area (TPSA) is 17.1 Å². The number of Topliss-reactive ketones (excluding diaryl/α,β-unsaturated/α-hetero) is 1. The highest BCUT2D eigenvalue weighted by Gasteiger charge is 2.38. The first-order chi connectivity index (χ1) is 11.6. The van der Waals surface area contributed by atoms with Crippen LogP contribution in [0.1, 0.15) is 58.8 Å². The van der Waals surface area contributed by atoms with E-state index in [9.17, 15) is 4.79 Å². The van der Waals surface area contributed by atoms with Crippen LogP contribution in [0.15, 0.2) is 33.6 Å². The van der Waals surface area contributed by atoms with E-state index < -0.39 is 0 Å². The molecule has 1 aliphatic heterocycles. The fourth-order valence-corrected chi connectivity index (χ4v) is 7.06. The van der Waals surface area contributed by atoms with Crippen molar-refractivity contribution in [1.29, 1.82) is 0 Å². The summed E-state index contributed by atoms with van der Waals surface area (Å²) in [5.41, 5.74) is 2.76. The smallest absolute Gasteiger partial charge is 0.136 e. The Morgan fingerprint density at radius 2 is 2.00 bits per heavy atom. The Morgan fingerprint density at radius 1 is 1.21 bits per heavy atom. The van der Waals surface area contributed by atoms with Crippen molar-refractivity contribution in [3.8, 4) is 0 Å². The lowest BCUT2D eigenvalue weighted by Gasteiger charge is -2.36. The molecule has 1 fully saturated rings. The first kappa shape index (κ1) is 18.4. The maximum atomic E-state index is 12.6. The van der Waals surface area contributed by atoms with Gasteiger partial charge in [0.2, 0.25) is 0 Å². The van der Waals surface area contributed by atoms with Crippen LogP contribution in [0.4, 0.5) is 0 Å². The molecule has 0 unspecified atom stereocenters. The predicted octanol–water partition coefficient (Wildman–Crippen LogP) is 6.38. The Balaban J connectivity index is 1.96. The van der Waals surface area contributed by atoms with E-state index in [-0.39, 0.29) is 5.92 Å². The standard InChI is InChI=1S/C21H30OS2/c1-14(2)17-12-18(15(3)19(22)13-17)21-20(23-10-7-11-24-21)16-8-5-4-6-9-16/h8,15,17-18H,1,4-7,9-13H2,2-3H3/t15-,17+,18+/m0/s1. The molecule has 0 saturated heterocycles. The number of hydrogen-bond donors (Lipinski definition) is 0. The molecule has 0 aromatic heterocycles. The number of carbonyl (C=O) groups excluding carboxylic acids is 1. The van der Waals surface area contributed by atoms with Gasteiger partial charge >= 0.3 is 0 Å². The lowest BCUT2D eigenvalue weighted by atomic mass is 9.71. The molecule has 0 amide bonds. The highest BCUT2D eigenvalue weighted by Crippen LogP contribution is 2.49. The van der Waals surface area contributed by atoms with Gasteiger partial charge in [0.1, 0.15) is 5.78 Å². The van der Waals surface area contributed by atoms with Gasteiger partial charge in [-0.2, -0.15) is 0 Å². The first-order valence-electron chi connectivity index (χ1n) is 9.45. The van der Waals surface area contributed by atoms with Gasteiger partial charge in [0.05, 0.1) is 0 Å². The van der Waals surface area contributed by atoms with E-state index >= 15 is 0 Å². The summed E-state index contributed by atoms with van der Waals surface area (Å²) in [4.78, 5) is 15.7. The molecule has 0 N–H and O–H groups in total. The van der Waals surface area contributed by atoms with Crippen molar-refractivity contribution in [2.24, 2.45) is 17.8 Å². The van der Waals surface area contributed by atoms with Gasteiger partial charge in [0, 0.05) is 28.1 Å². The molecule has 3 aliphatic rings. The minimum atomic E-state index is 0.168. The molecule has 2 aliphatic carbocycles. The summed E-state index contributed by atoms with van der Waals surface area (Å²) in [6, 6.07) is 0. The molecule has 3 rings (SSSR count). The number of allylic oxidation sites excluding steroid dienone is 4. The van der Waals surface area contributed by atoms with Crippen molar-refractivity contribution in [2.45, 2.75) is 58.8 Å². The fraction of sp³-hybridized carbons (Fsp3) is 0.667. The molecule has 0 radical (unpaired) electrons. The van der Waals surface area contributed by atoms with Crippen LogP contribution in [0.5, 0.6) is 0 Å². The van der Waals surface area contributed by atoms with E-state index in [0.717, 1.165) is 6.42 Å². The molecule has 3 atom stereocenters. The van der Waals surface area contributed by atoms with Gasteiger partial charge < -0.3 is 0 Å². The van der Waals surface area contributed by atoms with Crippen LogP contribution < -0.4 is 0 Å². The van der Waals surface area contributed by atoms with E-state index in [4.69, 9.17) is 0 Å².